The number of hydrogen-bond donors (Lipinski definition) is 1. The lowest BCUT2D eigenvalue weighted by molar-refractivity contribution is 0.660. The lowest BCUT2D eigenvalue weighted by Crippen LogP contribution is -2.17. The molecule has 5 heteroatoms. The molecule has 1 atom stereocenters. The van der Waals surface area contributed by atoms with Gasteiger partial charge in [0.1, 0.15) is 0 Å². The molecule has 0 aliphatic rings. The van der Waals surface area contributed by atoms with Gasteiger partial charge in [0.2, 0.25) is 0 Å². The molecule has 0 aromatic carbocycles. The largest absolute Gasteiger partial charge is 0.328 e. The van der Waals surface area contributed by atoms with E-state index in [9.17, 15) is 0 Å². The summed E-state index contributed by atoms with van der Waals surface area (Å²) in [5.74, 6) is 0. The van der Waals surface area contributed by atoms with E-state index in [0.717, 1.165) is 29.2 Å². The van der Waals surface area contributed by atoms with Gasteiger partial charge in [-0.15, -0.1) is 11.3 Å². The first-order valence-corrected chi connectivity index (χ1v) is 6.29. The van der Waals surface area contributed by atoms with Crippen LogP contribution in [0.1, 0.15) is 18.9 Å². The molecular formula is C11H16N4S. The Morgan fingerprint density at radius 3 is 3.00 bits per heavy atom. The Kier molecular flexibility index (Phi) is 3.36. The molecule has 0 bridgehead atoms. The lowest BCUT2D eigenvalue weighted by Gasteiger charge is -1.98. The normalized spacial score (nSPS) is 12.9. The van der Waals surface area contributed by atoms with Crippen LogP contribution in [0.2, 0.25) is 0 Å². The molecule has 4 nitrogen and oxygen atoms in total. The van der Waals surface area contributed by atoms with E-state index in [1.165, 1.54) is 0 Å². The molecule has 2 aromatic heterocycles. The molecule has 2 N–H and O–H groups in total. The third-order valence-corrected chi connectivity index (χ3v) is 3.17. The molecule has 0 aliphatic carbocycles. The number of aryl methyl sites for hydroxylation is 1. The van der Waals surface area contributed by atoms with Crippen LogP contribution in [0.3, 0.4) is 0 Å². The number of aromatic nitrogens is 3. The van der Waals surface area contributed by atoms with E-state index < -0.39 is 0 Å². The van der Waals surface area contributed by atoms with Crippen LogP contribution in [0.5, 0.6) is 0 Å². The van der Waals surface area contributed by atoms with Crippen molar-refractivity contribution in [2.45, 2.75) is 32.9 Å². The zero-order valence-electron chi connectivity index (χ0n) is 9.55. The highest BCUT2D eigenvalue weighted by atomic mass is 32.1. The van der Waals surface area contributed by atoms with Gasteiger partial charge >= 0.3 is 0 Å². The molecule has 0 fully saturated rings. The second kappa shape index (κ2) is 4.76. The minimum Gasteiger partial charge on any atom is -0.328 e. The average molecular weight is 236 g/mol. The topological polar surface area (TPSA) is 56.7 Å². The Labute approximate surface area is 99.1 Å². The van der Waals surface area contributed by atoms with Crippen LogP contribution in [-0.2, 0) is 13.0 Å². The van der Waals surface area contributed by atoms with Crippen molar-refractivity contribution in [2.75, 3.05) is 0 Å². The van der Waals surface area contributed by atoms with Crippen molar-refractivity contribution in [3.8, 4) is 11.3 Å². The highest BCUT2D eigenvalue weighted by molar-refractivity contribution is 7.09. The average Bonchev–Trinajstić information content (AvgIpc) is 2.83. The van der Waals surface area contributed by atoms with E-state index >= 15 is 0 Å². The Balaban J connectivity index is 2.17. The third-order valence-electron chi connectivity index (χ3n) is 2.30. The maximum Gasteiger partial charge on any atom is 0.0947 e. The molecule has 0 aliphatic heterocycles. The van der Waals surface area contributed by atoms with Crippen molar-refractivity contribution in [3.63, 3.8) is 0 Å². The number of nitrogens with two attached hydrogens (primary N) is 1. The molecule has 2 heterocycles. The van der Waals surface area contributed by atoms with Gasteiger partial charge in [0.25, 0.3) is 0 Å². The van der Waals surface area contributed by atoms with Crippen LogP contribution in [0.15, 0.2) is 17.8 Å². The molecule has 16 heavy (non-hydrogen) atoms. The Bertz CT molecular complexity index is 458. The maximum absolute atomic E-state index is 5.75. The van der Waals surface area contributed by atoms with Crippen LogP contribution in [0, 0.1) is 0 Å². The molecule has 0 amide bonds. The highest BCUT2D eigenvalue weighted by Crippen LogP contribution is 2.21. The summed E-state index contributed by atoms with van der Waals surface area (Å²) in [6.45, 7) is 4.95. The maximum atomic E-state index is 5.75. The summed E-state index contributed by atoms with van der Waals surface area (Å²) < 4.78 is 1.90. The van der Waals surface area contributed by atoms with Gasteiger partial charge in [-0.1, -0.05) is 0 Å². The van der Waals surface area contributed by atoms with Gasteiger partial charge < -0.3 is 5.73 Å². The first-order valence-electron chi connectivity index (χ1n) is 5.42. The highest BCUT2D eigenvalue weighted by Gasteiger charge is 2.07. The predicted molar refractivity (Wildman–Crippen MR) is 66.4 cm³/mol. The molecule has 0 saturated carbocycles. The first-order chi connectivity index (χ1) is 7.69. The number of hydrogen-bond acceptors (Lipinski definition) is 4. The van der Waals surface area contributed by atoms with E-state index in [-0.39, 0.29) is 6.04 Å². The second-order valence-corrected chi connectivity index (χ2v) is 4.84. The fourth-order valence-electron chi connectivity index (χ4n) is 1.48. The van der Waals surface area contributed by atoms with Crippen molar-refractivity contribution in [1.29, 1.82) is 0 Å². The molecule has 0 radical (unpaired) electrons. The summed E-state index contributed by atoms with van der Waals surface area (Å²) in [4.78, 5) is 4.55. The standard InChI is InChI=1S/C11H16N4S/c1-3-15-6-9(5-13-15)10-7-16-11(14-10)4-8(2)12/h5-8H,3-4,12H2,1-2H3. The molecule has 2 aromatic rings. The van der Waals surface area contributed by atoms with Crippen molar-refractivity contribution < 1.29 is 0 Å². The van der Waals surface area contributed by atoms with E-state index in [2.05, 4.69) is 22.4 Å². The van der Waals surface area contributed by atoms with Gasteiger partial charge in [-0.05, 0) is 13.8 Å². The minimum absolute atomic E-state index is 0.164. The second-order valence-electron chi connectivity index (χ2n) is 3.89. The first kappa shape index (κ1) is 11.3. The number of rotatable bonds is 4. The molecule has 1 unspecified atom stereocenters. The van der Waals surface area contributed by atoms with E-state index in [1.807, 2.05) is 24.0 Å². The predicted octanol–water partition coefficient (Wildman–Crippen LogP) is 1.92. The van der Waals surface area contributed by atoms with Crippen LogP contribution in [0.4, 0.5) is 0 Å². The van der Waals surface area contributed by atoms with Crippen molar-refractivity contribution in [2.24, 2.45) is 5.73 Å². The molecule has 2 rings (SSSR count). The molecule has 86 valence electrons. The van der Waals surface area contributed by atoms with E-state index in [1.54, 1.807) is 11.3 Å². The fourth-order valence-corrected chi connectivity index (χ4v) is 2.43. The quantitative estimate of drug-likeness (QED) is 0.882. The summed E-state index contributed by atoms with van der Waals surface area (Å²) >= 11 is 1.66. The zero-order valence-corrected chi connectivity index (χ0v) is 10.4. The van der Waals surface area contributed by atoms with Crippen LogP contribution in [-0.4, -0.2) is 20.8 Å². The van der Waals surface area contributed by atoms with Crippen LogP contribution >= 0.6 is 11.3 Å². The summed E-state index contributed by atoms with van der Waals surface area (Å²) in [6.07, 6.45) is 4.71. The summed E-state index contributed by atoms with van der Waals surface area (Å²) in [6, 6.07) is 0.164. The monoisotopic (exact) mass is 236 g/mol. The van der Waals surface area contributed by atoms with Gasteiger partial charge in [-0.25, -0.2) is 4.98 Å². The molecular weight excluding hydrogens is 220 g/mol. The smallest absolute Gasteiger partial charge is 0.0947 e. The van der Waals surface area contributed by atoms with Gasteiger partial charge in [0.05, 0.1) is 16.9 Å². The van der Waals surface area contributed by atoms with Crippen molar-refractivity contribution in [3.05, 3.63) is 22.8 Å². The Morgan fingerprint density at radius 2 is 2.38 bits per heavy atom. The van der Waals surface area contributed by atoms with Gasteiger partial charge in [0.15, 0.2) is 0 Å². The van der Waals surface area contributed by atoms with Crippen molar-refractivity contribution >= 4 is 11.3 Å². The summed E-state index contributed by atoms with van der Waals surface area (Å²) in [7, 11) is 0. The van der Waals surface area contributed by atoms with E-state index in [0.29, 0.717) is 0 Å². The minimum atomic E-state index is 0.164. The fraction of sp³-hybridized carbons (Fsp3) is 0.455. The summed E-state index contributed by atoms with van der Waals surface area (Å²) in [5.41, 5.74) is 7.83. The van der Waals surface area contributed by atoms with Gasteiger partial charge in [0, 0.05) is 36.1 Å². The molecule has 0 saturated heterocycles. The lowest BCUT2D eigenvalue weighted by atomic mass is 10.2. The van der Waals surface area contributed by atoms with E-state index in [4.69, 9.17) is 5.73 Å². The summed E-state index contributed by atoms with van der Waals surface area (Å²) in [5, 5.41) is 7.39. The van der Waals surface area contributed by atoms with Gasteiger partial charge in [-0.3, -0.25) is 4.68 Å². The third kappa shape index (κ3) is 2.48. The number of nitrogens with zero attached hydrogens (tertiary/aromatic N) is 3. The molecule has 0 spiro atoms. The van der Waals surface area contributed by atoms with Crippen LogP contribution < -0.4 is 5.73 Å². The zero-order chi connectivity index (χ0) is 11.5. The van der Waals surface area contributed by atoms with Crippen LogP contribution in [0.25, 0.3) is 11.3 Å². The number of thiazole rings is 1. The SMILES string of the molecule is CCn1cc(-c2csc(CC(C)N)n2)cn1. The Hall–Kier alpha value is -1.20. The van der Waals surface area contributed by atoms with Gasteiger partial charge in [-0.2, -0.15) is 5.10 Å². The van der Waals surface area contributed by atoms with Crippen molar-refractivity contribution in [1.82, 2.24) is 14.8 Å². The Morgan fingerprint density at radius 1 is 1.56 bits per heavy atom.